The van der Waals surface area contributed by atoms with Gasteiger partial charge in [0.05, 0.1) is 12.6 Å². The van der Waals surface area contributed by atoms with Crippen LogP contribution < -0.4 is 4.74 Å². The van der Waals surface area contributed by atoms with Crippen LogP contribution in [0.15, 0.2) is 89.9 Å². The van der Waals surface area contributed by atoms with E-state index in [0.717, 1.165) is 23.3 Å². The Bertz CT molecular complexity index is 923. The van der Waals surface area contributed by atoms with Crippen LogP contribution in [0.25, 0.3) is 0 Å². The van der Waals surface area contributed by atoms with Crippen LogP contribution in [0.2, 0.25) is 0 Å². The molecule has 2 atom stereocenters. The third-order valence-corrected chi connectivity index (χ3v) is 4.96. The van der Waals surface area contributed by atoms with Crippen LogP contribution in [0.5, 0.6) is 5.75 Å². The predicted molar refractivity (Wildman–Crippen MR) is 114 cm³/mol. The highest BCUT2D eigenvalue weighted by Gasteiger charge is 2.32. The van der Waals surface area contributed by atoms with Gasteiger partial charge in [0.2, 0.25) is 5.90 Å². The van der Waals surface area contributed by atoms with E-state index < -0.39 is 0 Å². The average Bonchev–Trinajstić information content (AvgIpc) is 3.19. The van der Waals surface area contributed by atoms with E-state index in [2.05, 4.69) is 36.4 Å². The molecule has 0 saturated carbocycles. The van der Waals surface area contributed by atoms with Crippen LogP contribution in [-0.4, -0.2) is 30.3 Å². The number of aliphatic imine (C=N–C) groups is 1. The monoisotopic (exact) mass is 387 g/mol. The Hall–Kier alpha value is -3.11. The standard InChI is InChI=1S/C25H25NO3/c27-16-7-17-28-22-14-12-21(13-15-22)25-26-23(18-19-8-3-1-4-9-19)24(29-25)20-10-5-2-6-11-20/h1-6,8-15,23-24,27H,7,16-18H2/t23-,24-/m1/s1. The molecular formula is C25H25NO3. The lowest BCUT2D eigenvalue weighted by molar-refractivity contribution is 0.195. The van der Waals surface area contributed by atoms with Crippen molar-refractivity contribution in [1.82, 2.24) is 0 Å². The van der Waals surface area contributed by atoms with Gasteiger partial charge >= 0.3 is 0 Å². The van der Waals surface area contributed by atoms with Gasteiger partial charge in [0.1, 0.15) is 11.9 Å². The van der Waals surface area contributed by atoms with Gasteiger partial charge in [-0.1, -0.05) is 60.7 Å². The number of ether oxygens (including phenoxy) is 2. The fourth-order valence-electron chi connectivity index (χ4n) is 3.48. The lowest BCUT2D eigenvalue weighted by Crippen LogP contribution is -2.16. The maximum absolute atomic E-state index is 8.87. The number of hydrogen-bond donors (Lipinski definition) is 1. The summed E-state index contributed by atoms with van der Waals surface area (Å²) in [6.07, 6.45) is 1.34. The molecular weight excluding hydrogens is 362 g/mol. The molecule has 4 nitrogen and oxygen atoms in total. The predicted octanol–water partition coefficient (Wildman–Crippen LogP) is 4.58. The van der Waals surface area contributed by atoms with E-state index in [-0.39, 0.29) is 18.8 Å². The highest BCUT2D eigenvalue weighted by Crippen LogP contribution is 2.33. The Morgan fingerprint density at radius 3 is 2.24 bits per heavy atom. The van der Waals surface area contributed by atoms with Gasteiger partial charge in [0, 0.05) is 18.6 Å². The van der Waals surface area contributed by atoms with Crippen molar-refractivity contribution in [2.75, 3.05) is 13.2 Å². The zero-order valence-electron chi connectivity index (χ0n) is 16.3. The average molecular weight is 387 g/mol. The molecule has 4 heteroatoms. The Morgan fingerprint density at radius 1 is 0.862 bits per heavy atom. The summed E-state index contributed by atoms with van der Waals surface area (Å²) in [4.78, 5) is 4.94. The van der Waals surface area contributed by atoms with E-state index in [1.54, 1.807) is 0 Å². The lowest BCUT2D eigenvalue weighted by atomic mass is 9.97. The van der Waals surface area contributed by atoms with Crippen LogP contribution in [0.4, 0.5) is 0 Å². The van der Waals surface area contributed by atoms with Crippen LogP contribution in [0, 0.1) is 0 Å². The van der Waals surface area contributed by atoms with Crippen molar-refractivity contribution in [1.29, 1.82) is 0 Å². The molecule has 0 aliphatic carbocycles. The van der Waals surface area contributed by atoms with E-state index in [1.807, 2.05) is 48.5 Å². The molecule has 3 aromatic carbocycles. The highest BCUT2D eigenvalue weighted by atomic mass is 16.5. The molecule has 1 aliphatic rings. The summed E-state index contributed by atoms with van der Waals surface area (Å²) in [6.45, 7) is 0.634. The topological polar surface area (TPSA) is 51.0 Å². The third-order valence-electron chi connectivity index (χ3n) is 4.96. The lowest BCUT2D eigenvalue weighted by Gasteiger charge is -2.18. The molecule has 0 saturated heterocycles. The molecule has 0 bridgehead atoms. The van der Waals surface area contributed by atoms with Gasteiger partial charge in [0.15, 0.2) is 0 Å². The Balaban J connectivity index is 1.54. The Kier molecular flexibility index (Phi) is 6.22. The molecule has 1 aliphatic heterocycles. The number of nitrogens with zero attached hydrogens (tertiary/aromatic N) is 1. The summed E-state index contributed by atoms with van der Waals surface area (Å²) in [5, 5.41) is 8.87. The van der Waals surface area contributed by atoms with Gasteiger partial charge < -0.3 is 14.6 Å². The van der Waals surface area contributed by atoms with Crippen LogP contribution in [-0.2, 0) is 11.2 Å². The first-order chi connectivity index (χ1) is 14.3. The first-order valence-electron chi connectivity index (χ1n) is 10.0. The molecule has 0 fully saturated rings. The van der Waals surface area contributed by atoms with Crippen molar-refractivity contribution in [3.8, 4) is 5.75 Å². The van der Waals surface area contributed by atoms with Gasteiger partial charge in [-0.2, -0.15) is 0 Å². The zero-order chi connectivity index (χ0) is 19.9. The smallest absolute Gasteiger partial charge is 0.217 e. The van der Waals surface area contributed by atoms with Crippen molar-refractivity contribution in [3.05, 3.63) is 102 Å². The fourth-order valence-corrected chi connectivity index (χ4v) is 3.48. The normalized spacial score (nSPS) is 18.2. The molecule has 1 heterocycles. The minimum absolute atomic E-state index is 0.0234. The minimum Gasteiger partial charge on any atom is -0.494 e. The summed E-state index contributed by atoms with van der Waals surface area (Å²) in [5.41, 5.74) is 3.33. The number of benzene rings is 3. The van der Waals surface area contributed by atoms with E-state index in [4.69, 9.17) is 19.6 Å². The Labute approximate surface area is 171 Å². The second kappa shape index (κ2) is 9.39. The van der Waals surface area contributed by atoms with Gasteiger partial charge in [-0.3, -0.25) is 0 Å². The molecule has 3 aromatic rings. The van der Waals surface area contributed by atoms with Gasteiger partial charge in [-0.05, 0) is 41.8 Å². The Morgan fingerprint density at radius 2 is 1.55 bits per heavy atom. The van der Waals surface area contributed by atoms with E-state index >= 15 is 0 Å². The molecule has 4 rings (SSSR count). The number of aliphatic hydroxyl groups is 1. The molecule has 148 valence electrons. The molecule has 0 amide bonds. The van der Waals surface area contributed by atoms with Gasteiger partial charge in [-0.15, -0.1) is 0 Å². The molecule has 0 unspecified atom stereocenters. The third kappa shape index (κ3) is 4.84. The minimum atomic E-state index is -0.105. The quantitative estimate of drug-likeness (QED) is 0.576. The molecule has 0 spiro atoms. The van der Waals surface area contributed by atoms with E-state index in [9.17, 15) is 0 Å². The summed E-state index contributed by atoms with van der Waals surface area (Å²) in [7, 11) is 0. The molecule has 29 heavy (non-hydrogen) atoms. The van der Waals surface area contributed by atoms with Gasteiger partial charge in [-0.25, -0.2) is 4.99 Å². The molecule has 0 aromatic heterocycles. The summed E-state index contributed by atoms with van der Waals surface area (Å²) >= 11 is 0. The summed E-state index contributed by atoms with van der Waals surface area (Å²) in [6, 6.07) is 28.5. The van der Waals surface area contributed by atoms with E-state index in [1.165, 1.54) is 5.56 Å². The van der Waals surface area contributed by atoms with Crippen LogP contribution in [0.1, 0.15) is 29.2 Å². The first kappa shape index (κ1) is 19.2. The van der Waals surface area contributed by atoms with Gasteiger partial charge in [0.25, 0.3) is 0 Å². The molecule has 0 radical (unpaired) electrons. The summed E-state index contributed by atoms with van der Waals surface area (Å²) in [5.74, 6) is 1.45. The van der Waals surface area contributed by atoms with Crippen molar-refractivity contribution in [2.24, 2.45) is 4.99 Å². The largest absolute Gasteiger partial charge is 0.494 e. The fraction of sp³-hybridized carbons (Fsp3) is 0.240. The first-order valence-corrected chi connectivity index (χ1v) is 10.0. The number of hydrogen-bond acceptors (Lipinski definition) is 4. The second-order valence-electron chi connectivity index (χ2n) is 7.09. The second-order valence-corrected chi connectivity index (χ2v) is 7.09. The van der Waals surface area contributed by atoms with E-state index in [0.29, 0.717) is 18.9 Å². The maximum Gasteiger partial charge on any atom is 0.217 e. The molecule has 1 N–H and O–H groups in total. The van der Waals surface area contributed by atoms with Crippen molar-refractivity contribution < 1.29 is 14.6 Å². The van der Waals surface area contributed by atoms with Crippen molar-refractivity contribution in [2.45, 2.75) is 25.0 Å². The van der Waals surface area contributed by atoms with Crippen LogP contribution >= 0.6 is 0 Å². The van der Waals surface area contributed by atoms with Crippen molar-refractivity contribution in [3.63, 3.8) is 0 Å². The SMILES string of the molecule is OCCCOc1ccc(C2=N[C@H](Cc3ccccc3)[C@@H](c3ccccc3)O2)cc1. The highest BCUT2D eigenvalue weighted by molar-refractivity contribution is 5.95. The number of rotatable bonds is 8. The maximum atomic E-state index is 8.87. The number of aliphatic hydroxyl groups excluding tert-OH is 1. The zero-order valence-corrected chi connectivity index (χ0v) is 16.3. The summed E-state index contributed by atoms with van der Waals surface area (Å²) < 4.78 is 11.9. The van der Waals surface area contributed by atoms with Crippen LogP contribution in [0.3, 0.4) is 0 Å². The van der Waals surface area contributed by atoms with Crippen molar-refractivity contribution >= 4 is 5.90 Å².